The Balaban J connectivity index is 1.48. The van der Waals surface area contributed by atoms with Crippen LogP contribution in [0.2, 0.25) is 0 Å². The molecule has 3 atom stereocenters. The summed E-state index contributed by atoms with van der Waals surface area (Å²) in [5.74, 6) is 1.75. The molecule has 0 unspecified atom stereocenters. The number of fused-ring (bicyclic) bond motifs is 2. The van der Waals surface area contributed by atoms with Crippen LogP contribution in [-0.2, 0) is 11.3 Å². The third-order valence-electron chi connectivity index (χ3n) is 5.32. The van der Waals surface area contributed by atoms with E-state index in [1.807, 2.05) is 30.3 Å². The first kappa shape index (κ1) is 14.3. The molecule has 1 saturated carbocycles. The average Bonchev–Trinajstić information content (AvgIpc) is 3.16. The number of rotatable bonds is 4. The van der Waals surface area contributed by atoms with Gasteiger partial charge in [0.15, 0.2) is 0 Å². The number of hydrogen-bond acceptors (Lipinski definition) is 2. The van der Waals surface area contributed by atoms with Crippen molar-refractivity contribution in [2.45, 2.75) is 31.3 Å². The smallest absolute Gasteiger partial charge is 0.226 e. The molecule has 0 radical (unpaired) electrons. The number of nitrogens with zero attached hydrogens (tertiary/aromatic N) is 1. The molecule has 2 fully saturated rings. The summed E-state index contributed by atoms with van der Waals surface area (Å²) in [5.41, 5.74) is 2.49. The summed E-state index contributed by atoms with van der Waals surface area (Å²) in [6.07, 6.45) is 2.10. The summed E-state index contributed by atoms with van der Waals surface area (Å²) in [7, 11) is 1.67. The van der Waals surface area contributed by atoms with Gasteiger partial charge in [0.1, 0.15) is 5.75 Å². The molecule has 1 amide bonds. The van der Waals surface area contributed by atoms with Crippen molar-refractivity contribution in [2.24, 2.45) is 5.92 Å². The summed E-state index contributed by atoms with van der Waals surface area (Å²) >= 11 is 0. The van der Waals surface area contributed by atoms with E-state index in [1.165, 1.54) is 11.1 Å². The van der Waals surface area contributed by atoms with Crippen molar-refractivity contribution < 1.29 is 9.53 Å². The first-order valence-corrected chi connectivity index (χ1v) is 8.24. The zero-order chi connectivity index (χ0) is 15.8. The van der Waals surface area contributed by atoms with Gasteiger partial charge in [-0.2, -0.15) is 0 Å². The summed E-state index contributed by atoms with van der Waals surface area (Å²) in [4.78, 5) is 14.9. The summed E-state index contributed by atoms with van der Waals surface area (Å²) in [6.45, 7) is 0.714. The average molecular weight is 307 g/mol. The normalized spacial score (nSPS) is 25.9. The molecule has 2 aliphatic rings. The molecule has 3 heteroatoms. The Morgan fingerprint density at radius 1 is 1.00 bits per heavy atom. The Kier molecular flexibility index (Phi) is 3.56. The lowest BCUT2D eigenvalue weighted by Gasteiger charge is -2.31. The van der Waals surface area contributed by atoms with E-state index < -0.39 is 0 Å². The number of hydrogen-bond donors (Lipinski definition) is 0. The molecule has 1 saturated heterocycles. The minimum Gasteiger partial charge on any atom is -0.497 e. The van der Waals surface area contributed by atoms with Crippen LogP contribution in [0.4, 0.5) is 0 Å². The van der Waals surface area contributed by atoms with Crippen molar-refractivity contribution in [3.63, 3.8) is 0 Å². The van der Waals surface area contributed by atoms with Crippen LogP contribution in [0.1, 0.15) is 29.9 Å². The fourth-order valence-corrected chi connectivity index (χ4v) is 4.13. The van der Waals surface area contributed by atoms with E-state index in [2.05, 4.69) is 29.2 Å². The summed E-state index contributed by atoms with van der Waals surface area (Å²) in [5, 5.41) is 0. The number of amides is 1. The van der Waals surface area contributed by atoms with Gasteiger partial charge in [-0.1, -0.05) is 42.5 Å². The molecule has 2 aromatic rings. The van der Waals surface area contributed by atoms with E-state index in [0.29, 0.717) is 24.4 Å². The Bertz CT molecular complexity index is 695. The molecule has 2 aromatic carbocycles. The monoisotopic (exact) mass is 307 g/mol. The van der Waals surface area contributed by atoms with E-state index in [0.717, 1.165) is 18.6 Å². The van der Waals surface area contributed by atoms with E-state index in [9.17, 15) is 4.79 Å². The molecule has 0 aromatic heterocycles. The van der Waals surface area contributed by atoms with Crippen molar-refractivity contribution in [1.29, 1.82) is 0 Å². The van der Waals surface area contributed by atoms with Gasteiger partial charge in [0.05, 0.1) is 7.11 Å². The van der Waals surface area contributed by atoms with Crippen LogP contribution in [0.3, 0.4) is 0 Å². The molecule has 0 spiro atoms. The third-order valence-corrected chi connectivity index (χ3v) is 5.32. The predicted octanol–water partition coefficient (Wildman–Crippen LogP) is 3.60. The first-order chi connectivity index (χ1) is 11.3. The van der Waals surface area contributed by atoms with Crippen molar-refractivity contribution in [3.8, 4) is 5.75 Å². The number of ether oxygens (including phenoxy) is 1. The molecule has 1 aliphatic carbocycles. The number of carbonyl (C=O) groups is 1. The van der Waals surface area contributed by atoms with Crippen molar-refractivity contribution in [2.75, 3.05) is 7.11 Å². The fourth-order valence-electron chi connectivity index (χ4n) is 4.13. The van der Waals surface area contributed by atoms with Crippen molar-refractivity contribution in [3.05, 3.63) is 65.7 Å². The lowest BCUT2D eigenvalue weighted by Crippen LogP contribution is -2.39. The molecule has 2 bridgehead atoms. The van der Waals surface area contributed by atoms with Gasteiger partial charge >= 0.3 is 0 Å². The molecule has 0 N–H and O–H groups in total. The Morgan fingerprint density at radius 3 is 2.35 bits per heavy atom. The van der Waals surface area contributed by atoms with E-state index in [4.69, 9.17) is 4.74 Å². The third kappa shape index (κ3) is 2.50. The Hall–Kier alpha value is -2.29. The van der Waals surface area contributed by atoms with Crippen LogP contribution in [0.5, 0.6) is 5.75 Å². The summed E-state index contributed by atoms with van der Waals surface area (Å²) < 4.78 is 5.19. The van der Waals surface area contributed by atoms with Gasteiger partial charge in [0, 0.05) is 18.5 Å². The molecule has 3 nitrogen and oxygen atoms in total. The standard InChI is InChI=1S/C20H21NO2/c1-23-17-9-7-14(8-10-17)13-21-16-11-18(19(12-16)20(21)22)15-5-3-2-4-6-15/h2-10,16,18-19H,11-13H2,1H3/t16-,18+,19-/m1/s1. The second-order valence-electron chi connectivity index (χ2n) is 6.56. The van der Waals surface area contributed by atoms with Gasteiger partial charge in [-0.15, -0.1) is 0 Å². The molecule has 1 aliphatic heterocycles. The Morgan fingerprint density at radius 2 is 1.70 bits per heavy atom. The highest BCUT2D eigenvalue weighted by Crippen LogP contribution is 2.48. The number of piperidine rings is 1. The van der Waals surface area contributed by atoms with Crippen LogP contribution >= 0.6 is 0 Å². The highest BCUT2D eigenvalue weighted by atomic mass is 16.5. The predicted molar refractivity (Wildman–Crippen MR) is 89.2 cm³/mol. The van der Waals surface area contributed by atoms with E-state index in [1.54, 1.807) is 7.11 Å². The quantitative estimate of drug-likeness (QED) is 0.864. The van der Waals surface area contributed by atoms with Gasteiger partial charge in [-0.3, -0.25) is 4.79 Å². The second kappa shape index (κ2) is 5.73. The van der Waals surface area contributed by atoms with Crippen molar-refractivity contribution >= 4 is 5.91 Å². The number of likely N-dealkylation sites (tertiary alicyclic amines) is 1. The van der Waals surface area contributed by atoms with Gasteiger partial charge in [-0.05, 0) is 42.0 Å². The maximum atomic E-state index is 12.8. The Labute approximate surface area is 136 Å². The lowest BCUT2D eigenvalue weighted by atomic mass is 9.87. The van der Waals surface area contributed by atoms with Gasteiger partial charge in [-0.25, -0.2) is 0 Å². The lowest BCUT2D eigenvalue weighted by molar-refractivity contribution is -0.135. The molecular weight excluding hydrogens is 286 g/mol. The van der Waals surface area contributed by atoms with Crippen LogP contribution in [-0.4, -0.2) is 24.0 Å². The van der Waals surface area contributed by atoms with Crippen LogP contribution < -0.4 is 4.74 Å². The number of benzene rings is 2. The maximum absolute atomic E-state index is 12.8. The largest absolute Gasteiger partial charge is 0.497 e. The highest BCUT2D eigenvalue weighted by Gasteiger charge is 2.50. The van der Waals surface area contributed by atoms with Crippen molar-refractivity contribution in [1.82, 2.24) is 4.90 Å². The molecule has 4 rings (SSSR count). The molecule has 1 heterocycles. The van der Waals surface area contributed by atoms with Gasteiger partial charge < -0.3 is 9.64 Å². The topological polar surface area (TPSA) is 29.5 Å². The van der Waals surface area contributed by atoms with Crippen LogP contribution in [0.25, 0.3) is 0 Å². The van der Waals surface area contributed by atoms with Crippen LogP contribution in [0.15, 0.2) is 54.6 Å². The second-order valence-corrected chi connectivity index (χ2v) is 6.56. The number of methoxy groups -OCH3 is 1. The molecule has 23 heavy (non-hydrogen) atoms. The SMILES string of the molecule is COc1ccc(CN2C(=O)[C@@H]3C[C@H]2C[C@H]3c2ccccc2)cc1. The maximum Gasteiger partial charge on any atom is 0.226 e. The zero-order valence-electron chi connectivity index (χ0n) is 13.3. The fraction of sp³-hybridized carbons (Fsp3) is 0.350. The van der Waals surface area contributed by atoms with Crippen LogP contribution in [0, 0.1) is 5.92 Å². The summed E-state index contributed by atoms with van der Waals surface area (Å²) in [6, 6.07) is 18.9. The van der Waals surface area contributed by atoms with E-state index >= 15 is 0 Å². The highest BCUT2D eigenvalue weighted by molar-refractivity contribution is 5.84. The zero-order valence-corrected chi connectivity index (χ0v) is 13.3. The molecule has 118 valence electrons. The minimum absolute atomic E-state index is 0.167. The first-order valence-electron chi connectivity index (χ1n) is 8.24. The molecular formula is C20H21NO2. The minimum atomic E-state index is 0.167. The number of carbonyl (C=O) groups excluding carboxylic acids is 1. The van der Waals surface area contributed by atoms with E-state index in [-0.39, 0.29) is 5.92 Å². The van der Waals surface area contributed by atoms with Gasteiger partial charge in [0.2, 0.25) is 5.91 Å². The van der Waals surface area contributed by atoms with Gasteiger partial charge in [0.25, 0.3) is 0 Å².